The molecule has 1 saturated heterocycles. The molecule has 2 N–H and O–H groups in total. The molecule has 2 amide bonds. The van der Waals surface area contributed by atoms with E-state index >= 15 is 0 Å². The van der Waals surface area contributed by atoms with Crippen molar-refractivity contribution in [3.8, 4) is 0 Å². The summed E-state index contributed by atoms with van der Waals surface area (Å²) in [6.45, 7) is 3.25. The van der Waals surface area contributed by atoms with E-state index in [-0.39, 0.29) is 23.9 Å². The van der Waals surface area contributed by atoms with E-state index in [1.807, 2.05) is 0 Å². The summed E-state index contributed by atoms with van der Waals surface area (Å²) in [6, 6.07) is 6.08. The molecular weight excluding hydrogens is 313 g/mol. The van der Waals surface area contributed by atoms with E-state index in [1.165, 1.54) is 12.1 Å². The van der Waals surface area contributed by atoms with Gasteiger partial charge in [0.1, 0.15) is 11.5 Å². The standard InChI is InChI=1S/C17H20FN3O3/c1-2-24-17(23)21-7-5-13(6-8-21)19-16(22)15-9-11-3-4-12(18)10-14(11)20-15/h3-4,9-10,13,20H,2,5-8H2,1H3,(H,19,22). The quantitative estimate of drug-likeness (QED) is 0.907. The van der Waals surface area contributed by atoms with Crippen molar-refractivity contribution in [2.45, 2.75) is 25.8 Å². The molecule has 0 atom stereocenters. The highest BCUT2D eigenvalue weighted by molar-refractivity contribution is 5.98. The molecule has 1 aliphatic rings. The molecule has 1 aliphatic heterocycles. The minimum atomic E-state index is -0.345. The first-order valence-electron chi connectivity index (χ1n) is 8.07. The minimum Gasteiger partial charge on any atom is -0.450 e. The van der Waals surface area contributed by atoms with Crippen LogP contribution in [0.2, 0.25) is 0 Å². The zero-order chi connectivity index (χ0) is 17.1. The number of amides is 2. The van der Waals surface area contributed by atoms with Crippen LogP contribution in [0, 0.1) is 5.82 Å². The predicted molar refractivity (Wildman–Crippen MR) is 87.3 cm³/mol. The van der Waals surface area contributed by atoms with Gasteiger partial charge in [-0.25, -0.2) is 9.18 Å². The summed E-state index contributed by atoms with van der Waals surface area (Å²) in [5.41, 5.74) is 1.00. The van der Waals surface area contributed by atoms with E-state index in [9.17, 15) is 14.0 Å². The third kappa shape index (κ3) is 3.50. The van der Waals surface area contributed by atoms with Crippen LogP contribution in [0.15, 0.2) is 24.3 Å². The van der Waals surface area contributed by atoms with Crippen LogP contribution in [0.4, 0.5) is 9.18 Å². The molecule has 0 aliphatic carbocycles. The molecule has 0 spiro atoms. The lowest BCUT2D eigenvalue weighted by Crippen LogP contribution is -2.46. The topological polar surface area (TPSA) is 74.4 Å². The van der Waals surface area contributed by atoms with Gasteiger partial charge in [0.15, 0.2) is 0 Å². The molecule has 24 heavy (non-hydrogen) atoms. The summed E-state index contributed by atoms with van der Waals surface area (Å²) in [4.78, 5) is 28.6. The van der Waals surface area contributed by atoms with E-state index in [4.69, 9.17) is 4.74 Å². The van der Waals surface area contributed by atoms with Crippen molar-refractivity contribution >= 4 is 22.9 Å². The summed E-state index contributed by atoms with van der Waals surface area (Å²) < 4.78 is 18.2. The zero-order valence-corrected chi connectivity index (χ0v) is 13.5. The number of rotatable bonds is 3. The van der Waals surface area contributed by atoms with Gasteiger partial charge in [-0.3, -0.25) is 4.79 Å². The monoisotopic (exact) mass is 333 g/mol. The van der Waals surface area contributed by atoms with Gasteiger partial charge < -0.3 is 19.9 Å². The molecule has 0 unspecified atom stereocenters. The van der Waals surface area contributed by atoms with Gasteiger partial charge in [-0.2, -0.15) is 0 Å². The summed E-state index contributed by atoms with van der Waals surface area (Å²) in [5.74, 6) is -0.566. The maximum Gasteiger partial charge on any atom is 0.409 e. The Morgan fingerprint density at radius 1 is 1.33 bits per heavy atom. The van der Waals surface area contributed by atoms with Gasteiger partial charge in [0, 0.05) is 30.0 Å². The number of carbonyl (C=O) groups is 2. The fraction of sp³-hybridized carbons (Fsp3) is 0.412. The van der Waals surface area contributed by atoms with Crippen LogP contribution in [0.25, 0.3) is 10.9 Å². The predicted octanol–water partition coefficient (Wildman–Crippen LogP) is 2.66. The number of H-pyrrole nitrogens is 1. The van der Waals surface area contributed by atoms with Crippen LogP contribution >= 0.6 is 0 Å². The number of fused-ring (bicyclic) bond motifs is 1. The first-order chi connectivity index (χ1) is 11.6. The fourth-order valence-electron chi connectivity index (χ4n) is 2.91. The molecule has 3 rings (SSSR count). The van der Waals surface area contributed by atoms with Crippen molar-refractivity contribution in [2.24, 2.45) is 0 Å². The van der Waals surface area contributed by atoms with Gasteiger partial charge in [0.05, 0.1) is 6.61 Å². The molecular formula is C17H20FN3O3. The van der Waals surface area contributed by atoms with Gasteiger partial charge in [-0.05, 0) is 44.0 Å². The van der Waals surface area contributed by atoms with E-state index in [1.54, 1.807) is 24.0 Å². The molecule has 2 aromatic rings. The van der Waals surface area contributed by atoms with Crippen LogP contribution in [-0.2, 0) is 4.74 Å². The summed E-state index contributed by atoms with van der Waals surface area (Å²) in [7, 11) is 0. The third-order valence-corrected chi connectivity index (χ3v) is 4.19. The average molecular weight is 333 g/mol. The number of piperidine rings is 1. The molecule has 0 saturated carbocycles. The van der Waals surface area contributed by atoms with Crippen molar-refractivity contribution < 1.29 is 18.7 Å². The second-order valence-electron chi connectivity index (χ2n) is 5.85. The lowest BCUT2D eigenvalue weighted by molar-refractivity contribution is 0.0857. The number of hydrogen-bond acceptors (Lipinski definition) is 3. The van der Waals surface area contributed by atoms with Crippen molar-refractivity contribution in [2.75, 3.05) is 19.7 Å². The van der Waals surface area contributed by atoms with Crippen LogP contribution < -0.4 is 5.32 Å². The highest BCUT2D eigenvalue weighted by Crippen LogP contribution is 2.17. The average Bonchev–Trinajstić information content (AvgIpc) is 2.99. The molecule has 7 heteroatoms. The number of ether oxygens (including phenoxy) is 1. The Morgan fingerprint density at radius 2 is 2.08 bits per heavy atom. The normalized spacial score (nSPS) is 15.5. The van der Waals surface area contributed by atoms with Gasteiger partial charge in [0.2, 0.25) is 0 Å². The third-order valence-electron chi connectivity index (χ3n) is 4.19. The number of likely N-dealkylation sites (tertiary alicyclic amines) is 1. The SMILES string of the molecule is CCOC(=O)N1CCC(NC(=O)c2cc3ccc(F)cc3[nH]2)CC1. The number of hydrogen-bond donors (Lipinski definition) is 2. The van der Waals surface area contributed by atoms with Crippen molar-refractivity contribution in [1.82, 2.24) is 15.2 Å². The fourth-order valence-corrected chi connectivity index (χ4v) is 2.91. The lowest BCUT2D eigenvalue weighted by atomic mass is 10.1. The molecule has 6 nitrogen and oxygen atoms in total. The molecule has 1 aromatic carbocycles. The van der Waals surface area contributed by atoms with Crippen LogP contribution in [-0.4, -0.2) is 47.6 Å². The highest BCUT2D eigenvalue weighted by atomic mass is 19.1. The summed E-state index contributed by atoms with van der Waals surface area (Å²) in [5, 5.41) is 3.75. The largest absolute Gasteiger partial charge is 0.450 e. The zero-order valence-electron chi connectivity index (χ0n) is 13.5. The summed E-state index contributed by atoms with van der Waals surface area (Å²) in [6.07, 6.45) is 1.05. The van der Waals surface area contributed by atoms with Crippen LogP contribution in [0.3, 0.4) is 0 Å². The molecule has 128 valence electrons. The van der Waals surface area contributed by atoms with E-state index in [2.05, 4.69) is 10.3 Å². The Kier molecular flexibility index (Phi) is 4.69. The first kappa shape index (κ1) is 16.3. The lowest BCUT2D eigenvalue weighted by Gasteiger charge is -2.31. The summed E-state index contributed by atoms with van der Waals surface area (Å²) >= 11 is 0. The Bertz CT molecular complexity index is 751. The van der Waals surface area contributed by atoms with Gasteiger partial charge in [-0.1, -0.05) is 0 Å². The van der Waals surface area contributed by atoms with Crippen molar-refractivity contribution in [3.63, 3.8) is 0 Å². The molecule has 0 bridgehead atoms. The molecule has 1 aromatic heterocycles. The number of halogens is 1. The Hall–Kier alpha value is -2.57. The van der Waals surface area contributed by atoms with E-state index in [0.717, 1.165) is 5.39 Å². The number of nitrogens with zero attached hydrogens (tertiary/aromatic N) is 1. The van der Waals surface area contributed by atoms with Gasteiger partial charge in [-0.15, -0.1) is 0 Å². The highest BCUT2D eigenvalue weighted by Gasteiger charge is 2.25. The van der Waals surface area contributed by atoms with Crippen LogP contribution in [0.1, 0.15) is 30.3 Å². The maximum absolute atomic E-state index is 13.2. The maximum atomic E-state index is 13.2. The smallest absolute Gasteiger partial charge is 0.409 e. The van der Waals surface area contributed by atoms with Crippen molar-refractivity contribution in [3.05, 3.63) is 35.8 Å². The Balaban J connectivity index is 1.58. The van der Waals surface area contributed by atoms with Crippen molar-refractivity contribution in [1.29, 1.82) is 0 Å². The number of benzene rings is 1. The number of aromatic amines is 1. The number of carbonyl (C=O) groups excluding carboxylic acids is 2. The first-order valence-corrected chi connectivity index (χ1v) is 8.07. The minimum absolute atomic E-state index is 0.00586. The number of nitrogens with one attached hydrogen (secondary N) is 2. The Labute approximate surface area is 139 Å². The van der Waals surface area contributed by atoms with Gasteiger partial charge in [0.25, 0.3) is 5.91 Å². The Morgan fingerprint density at radius 3 is 2.79 bits per heavy atom. The van der Waals surface area contributed by atoms with E-state index < -0.39 is 0 Å². The molecule has 0 radical (unpaired) electrons. The number of aromatic nitrogens is 1. The van der Waals surface area contributed by atoms with Crippen LogP contribution in [0.5, 0.6) is 0 Å². The molecule has 2 heterocycles. The van der Waals surface area contributed by atoms with E-state index in [0.29, 0.717) is 43.7 Å². The van der Waals surface area contributed by atoms with Gasteiger partial charge >= 0.3 is 6.09 Å². The second kappa shape index (κ2) is 6.90. The second-order valence-corrected chi connectivity index (χ2v) is 5.85. The molecule has 1 fully saturated rings.